The minimum atomic E-state index is -0.218. The molecule has 0 radical (unpaired) electrons. The van der Waals surface area contributed by atoms with Gasteiger partial charge in [0.2, 0.25) is 5.95 Å². The molecule has 0 spiro atoms. The molecule has 0 saturated carbocycles. The van der Waals surface area contributed by atoms with E-state index in [1.54, 1.807) is 43.8 Å². The molecule has 1 aliphatic heterocycles. The molecule has 1 unspecified atom stereocenters. The van der Waals surface area contributed by atoms with Gasteiger partial charge in [0.05, 0.1) is 41.7 Å². The van der Waals surface area contributed by atoms with E-state index in [9.17, 15) is 9.59 Å². The lowest BCUT2D eigenvalue weighted by molar-refractivity contribution is 0.0705. The molecule has 1 amide bonds. The van der Waals surface area contributed by atoms with Crippen LogP contribution in [0.2, 0.25) is 0 Å². The van der Waals surface area contributed by atoms with Crippen LogP contribution in [0.25, 0.3) is 16.6 Å². The number of carbonyl (C=O) groups excluding carboxylic acids is 1. The monoisotopic (exact) mass is 459 g/mol. The SMILES string of the molecule is COc1ccc2nc(N3CCC(C)N(C(=O)c4ccccc4-n4nccn4)CC3)[nH]c(=O)c2c1. The topological polar surface area (TPSA) is 109 Å². The van der Waals surface area contributed by atoms with E-state index in [2.05, 4.69) is 20.2 Å². The molecule has 10 nitrogen and oxygen atoms in total. The number of aromatic amines is 1. The molecule has 2 aromatic heterocycles. The first-order valence-corrected chi connectivity index (χ1v) is 11.1. The number of nitrogens with zero attached hydrogens (tertiary/aromatic N) is 6. The lowest BCUT2D eigenvalue weighted by Gasteiger charge is -2.27. The fourth-order valence-corrected chi connectivity index (χ4v) is 4.28. The van der Waals surface area contributed by atoms with E-state index in [1.807, 2.05) is 34.9 Å². The van der Waals surface area contributed by atoms with Gasteiger partial charge >= 0.3 is 0 Å². The highest BCUT2D eigenvalue weighted by atomic mass is 16.5. The van der Waals surface area contributed by atoms with E-state index in [-0.39, 0.29) is 17.5 Å². The summed E-state index contributed by atoms with van der Waals surface area (Å²) in [7, 11) is 1.56. The molecule has 4 aromatic rings. The third-order valence-electron chi connectivity index (χ3n) is 6.19. The molecule has 34 heavy (non-hydrogen) atoms. The van der Waals surface area contributed by atoms with E-state index in [0.717, 1.165) is 6.42 Å². The number of amides is 1. The van der Waals surface area contributed by atoms with Gasteiger partial charge in [-0.15, -0.1) is 0 Å². The van der Waals surface area contributed by atoms with Crippen LogP contribution in [0.15, 0.2) is 59.7 Å². The number of nitrogens with one attached hydrogen (secondary N) is 1. The maximum absolute atomic E-state index is 13.6. The molecule has 5 rings (SSSR count). The summed E-state index contributed by atoms with van der Waals surface area (Å²) in [6.07, 6.45) is 3.90. The van der Waals surface area contributed by atoms with Gasteiger partial charge in [0.1, 0.15) is 5.75 Å². The molecule has 1 N–H and O–H groups in total. The van der Waals surface area contributed by atoms with Crippen molar-refractivity contribution < 1.29 is 9.53 Å². The number of hydrogen-bond donors (Lipinski definition) is 1. The number of methoxy groups -OCH3 is 1. The number of fused-ring (bicyclic) bond motifs is 1. The molecular weight excluding hydrogens is 434 g/mol. The highest BCUT2D eigenvalue weighted by molar-refractivity contribution is 5.98. The number of para-hydroxylation sites is 1. The van der Waals surface area contributed by atoms with Crippen LogP contribution in [0.3, 0.4) is 0 Å². The Bertz CT molecular complexity index is 1380. The normalized spacial score (nSPS) is 16.5. The first-order valence-electron chi connectivity index (χ1n) is 11.1. The Hall–Kier alpha value is -4.21. The van der Waals surface area contributed by atoms with Gasteiger partial charge in [0.15, 0.2) is 0 Å². The summed E-state index contributed by atoms with van der Waals surface area (Å²) in [5, 5.41) is 8.85. The smallest absolute Gasteiger partial charge is 0.260 e. The third kappa shape index (κ3) is 3.98. The quantitative estimate of drug-likeness (QED) is 0.499. The lowest BCUT2D eigenvalue weighted by atomic mass is 10.1. The number of rotatable bonds is 4. The summed E-state index contributed by atoms with van der Waals surface area (Å²) in [6.45, 7) is 3.74. The minimum Gasteiger partial charge on any atom is -0.497 e. The third-order valence-corrected chi connectivity index (χ3v) is 6.19. The van der Waals surface area contributed by atoms with E-state index < -0.39 is 0 Å². The first-order chi connectivity index (χ1) is 16.5. The van der Waals surface area contributed by atoms with Crippen LogP contribution < -0.4 is 15.2 Å². The van der Waals surface area contributed by atoms with Gasteiger partial charge in [-0.05, 0) is 43.7 Å². The summed E-state index contributed by atoms with van der Waals surface area (Å²) in [6, 6.07) is 12.6. The van der Waals surface area contributed by atoms with Crippen LogP contribution >= 0.6 is 0 Å². The van der Waals surface area contributed by atoms with Crippen molar-refractivity contribution in [2.45, 2.75) is 19.4 Å². The molecule has 10 heteroatoms. The van der Waals surface area contributed by atoms with Gasteiger partial charge in [-0.3, -0.25) is 14.6 Å². The fourth-order valence-electron chi connectivity index (χ4n) is 4.28. The van der Waals surface area contributed by atoms with Crippen molar-refractivity contribution >= 4 is 22.8 Å². The zero-order valence-corrected chi connectivity index (χ0v) is 19.0. The standard InChI is InChI=1S/C24H25N7O3/c1-16-9-12-29(24-27-20-8-7-17(34-2)15-19(20)22(32)28-24)13-14-30(16)23(33)18-5-3-4-6-21(18)31-25-10-11-26-31/h3-8,10-11,15-16H,9,12-14H2,1-2H3,(H,27,28,32). The Balaban J connectivity index is 1.40. The molecule has 0 bridgehead atoms. The highest BCUT2D eigenvalue weighted by Gasteiger charge is 2.28. The average molecular weight is 460 g/mol. The second kappa shape index (κ2) is 8.97. The molecule has 1 aliphatic rings. The summed E-state index contributed by atoms with van der Waals surface area (Å²) in [5.41, 5.74) is 1.57. The minimum absolute atomic E-state index is 0.00702. The molecule has 174 valence electrons. The van der Waals surface area contributed by atoms with Crippen molar-refractivity contribution in [1.82, 2.24) is 29.9 Å². The Kier molecular flexibility index (Phi) is 5.70. The van der Waals surface area contributed by atoms with E-state index in [4.69, 9.17) is 4.74 Å². The fraction of sp³-hybridized carbons (Fsp3) is 0.292. The van der Waals surface area contributed by atoms with Gasteiger partial charge in [0, 0.05) is 25.7 Å². The van der Waals surface area contributed by atoms with Gasteiger partial charge < -0.3 is 14.5 Å². The molecule has 1 atom stereocenters. The maximum atomic E-state index is 13.6. The summed E-state index contributed by atoms with van der Waals surface area (Å²) in [5.74, 6) is 1.04. The maximum Gasteiger partial charge on any atom is 0.260 e. The van der Waals surface area contributed by atoms with Gasteiger partial charge in [-0.2, -0.15) is 15.0 Å². The van der Waals surface area contributed by atoms with Crippen LogP contribution in [-0.4, -0.2) is 68.6 Å². The number of benzene rings is 2. The Morgan fingerprint density at radius 3 is 2.68 bits per heavy atom. The Morgan fingerprint density at radius 1 is 1.09 bits per heavy atom. The van der Waals surface area contributed by atoms with Crippen molar-refractivity contribution in [2.75, 3.05) is 31.6 Å². The van der Waals surface area contributed by atoms with Crippen LogP contribution in [-0.2, 0) is 0 Å². The Labute approximate surface area is 195 Å². The van der Waals surface area contributed by atoms with Crippen LogP contribution in [0.4, 0.5) is 5.95 Å². The molecule has 0 aliphatic carbocycles. The number of aromatic nitrogens is 5. The van der Waals surface area contributed by atoms with Crippen molar-refractivity contribution in [3.05, 3.63) is 70.8 Å². The largest absolute Gasteiger partial charge is 0.497 e. The van der Waals surface area contributed by atoms with Crippen molar-refractivity contribution in [3.8, 4) is 11.4 Å². The highest BCUT2D eigenvalue weighted by Crippen LogP contribution is 2.22. The van der Waals surface area contributed by atoms with Crippen molar-refractivity contribution in [1.29, 1.82) is 0 Å². The Morgan fingerprint density at radius 2 is 1.88 bits per heavy atom. The van der Waals surface area contributed by atoms with Crippen molar-refractivity contribution in [3.63, 3.8) is 0 Å². The van der Waals surface area contributed by atoms with E-state index in [1.165, 1.54) is 4.80 Å². The van der Waals surface area contributed by atoms with E-state index in [0.29, 0.717) is 53.5 Å². The summed E-state index contributed by atoms with van der Waals surface area (Å²) in [4.78, 5) is 39.2. The predicted molar refractivity (Wildman–Crippen MR) is 128 cm³/mol. The first kappa shape index (κ1) is 21.6. The molecular formula is C24H25N7O3. The second-order valence-electron chi connectivity index (χ2n) is 8.23. The number of anilines is 1. The van der Waals surface area contributed by atoms with Crippen LogP contribution in [0.1, 0.15) is 23.7 Å². The number of H-pyrrole nitrogens is 1. The van der Waals surface area contributed by atoms with Gasteiger partial charge in [0.25, 0.3) is 11.5 Å². The molecule has 1 fully saturated rings. The van der Waals surface area contributed by atoms with Crippen LogP contribution in [0.5, 0.6) is 5.75 Å². The van der Waals surface area contributed by atoms with Crippen LogP contribution in [0, 0.1) is 0 Å². The average Bonchev–Trinajstić information content (AvgIpc) is 3.33. The number of carbonyl (C=O) groups is 1. The summed E-state index contributed by atoms with van der Waals surface area (Å²) >= 11 is 0. The molecule has 2 aromatic carbocycles. The molecule has 1 saturated heterocycles. The van der Waals surface area contributed by atoms with Crippen molar-refractivity contribution in [2.24, 2.45) is 0 Å². The predicted octanol–water partition coefficient (Wildman–Crippen LogP) is 2.25. The van der Waals surface area contributed by atoms with E-state index >= 15 is 0 Å². The summed E-state index contributed by atoms with van der Waals surface area (Å²) < 4.78 is 5.22. The lowest BCUT2D eigenvalue weighted by Crippen LogP contribution is -2.40. The zero-order valence-electron chi connectivity index (χ0n) is 19.0. The molecule has 3 heterocycles. The van der Waals surface area contributed by atoms with Gasteiger partial charge in [-0.25, -0.2) is 4.98 Å². The van der Waals surface area contributed by atoms with Gasteiger partial charge in [-0.1, -0.05) is 12.1 Å². The number of hydrogen-bond acceptors (Lipinski definition) is 7. The number of ether oxygens (including phenoxy) is 1. The second-order valence-corrected chi connectivity index (χ2v) is 8.23. The zero-order chi connectivity index (χ0) is 23.7.